The van der Waals surface area contributed by atoms with Gasteiger partial charge in [-0.1, -0.05) is 0 Å². The molecular weight excluding hydrogens is 215 g/mol. The monoisotopic (exact) mass is 221 g/mol. The minimum absolute atomic E-state index is 0. The molecule has 0 fully saturated rings. The van der Waals surface area contributed by atoms with E-state index in [0.717, 1.165) is 0 Å². The van der Waals surface area contributed by atoms with E-state index in [4.69, 9.17) is 0 Å². The largest absolute Gasteiger partial charge is 0.245 e. The molecule has 0 radical (unpaired) electrons. The van der Waals surface area contributed by atoms with Crippen molar-refractivity contribution in [1.29, 1.82) is 0 Å². The van der Waals surface area contributed by atoms with E-state index >= 15 is 0 Å². The Balaban J connectivity index is 0. The van der Waals surface area contributed by atoms with Crippen LogP contribution in [0.1, 0.15) is 0 Å². The Morgan fingerprint density at radius 3 is 1.75 bits per heavy atom. The topological polar surface area (TPSA) is 0 Å². The SMILES string of the molecule is C=C[CH2-].[Hf]. The quantitative estimate of drug-likeness (QED) is 0.421. The van der Waals surface area contributed by atoms with Crippen molar-refractivity contribution < 1.29 is 25.8 Å². The van der Waals surface area contributed by atoms with E-state index in [9.17, 15) is 0 Å². The summed E-state index contributed by atoms with van der Waals surface area (Å²) in [6.07, 6.45) is 1.50. The van der Waals surface area contributed by atoms with Gasteiger partial charge in [-0.05, 0) is 0 Å². The van der Waals surface area contributed by atoms with Crippen LogP contribution in [0.25, 0.3) is 0 Å². The summed E-state index contributed by atoms with van der Waals surface area (Å²) in [6.45, 7) is 6.50. The first kappa shape index (κ1) is 8.82. The van der Waals surface area contributed by atoms with Crippen LogP contribution in [0.2, 0.25) is 0 Å². The fourth-order valence-electron chi connectivity index (χ4n) is 0. The van der Waals surface area contributed by atoms with Crippen molar-refractivity contribution in [2.24, 2.45) is 0 Å². The third-order valence-corrected chi connectivity index (χ3v) is 0. The second-order valence-electron chi connectivity index (χ2n) is 0.289. The molecule has 0 aromatic carbocycles. The van der Waals surface area contributed by atoms with Crippen molar-refractivity contribution in [3.63, 3.8) is 0 Å². The fraction of sp³-hybridized carbons (Fsp3) is 0. The van der Waals surface area contributed by atoms with E-state index in [2.05, 4.69) is 13.5 Å². The molecule has 0 amide bonds. The number of hydrogen-bond donors (Lipinski definition) is 0. The summed E-state index contributed by atoms with van der Waals surface area (Å²) in [5.41, 5.74) is 0. The summed E-state index contributed by atoms with van der Waals surface area (Å²) in [4.78, 5) is 0. The van der Waals surface area contributed by atoms with E-state index in [1.165, 1.54) is 6.08 Å². The second-order valence-corrected chi connectivity index (χ2v) is 0.289. The molecule has 0 atom stereocenters. The Kier molecular flexibility index (Phi) is 21.5. The van der Waals surface area contributed by atoms with Crippen molar-refractivity contribution in [3.05, 3.63) is 19.6 Å². The molecule has 0 aliphatic rings. The molecule has 0 aromatic heterocycles. The maximum absolute atomic E-state index is 3.25. The van der Waals surface area contributed by atoms with Gasteiger partial charge in [0.25, 0.3) is 0 Å². The van der Waals surface area contributed by atoms with E-state index < -0.39 is 0 Å². The van der Waals surface area contributed by atoms with Gasteiger partial charge in [0.2, 0.25) is 0 Å². The van der Waals surface area contributed by atoms with Crippen LogP contribution in [0, 0.1) is 6.92 Å². The van der Waals surface area contributed by atoms with Crippen molar-refractivity contribution >= 4 is 0 Å². The van der Waals surface area contributed by atoms with E-state index in [0.29, 0.717) is 0 Å². The smallest absolute Gasteiger partial charge is 0 e. The molecule has 0 bridgehead atoms. The zero-order valence-corrected chi connectivity index (χ0v) is 6.08. The van der Waals surface area contributed by atoms with Crippen LogP contribution in [-0.4, -0.2) is 0 Å². The van der Waals surface area contributed by atoms with Crippen LogP contribution < -0.4 is 0 Å². The molecule has 0 saturated carbocycles. The van der Waals surface area contributed by atoms with Gasteiger partial charge in [0.1, 0.15) is 0 Å². The minimum Gasteiger partial charge on any atom is -0.245 e. The molecule has 22 valence electrons. The van der Waals surface area contributed by atoms with Gasteiger partial charge in [-0.15, -0.1) is 0 Å². The maximum Gasteiger partial charge on any atom is 0 e. The van der Waals surface area contributed by atoms with Gasteiger partial charge in [-0.25, -0.2) is 19.6 Å². The van der Waals surface area contributed by atoms with Gasteiger partial charge in [-0.3, -0.25) is 0 Å². The van der Waals surface area contributed by atoms with Gasteiger partial charge >= 0.3 is 0 Å². The first-order chi connectivity index (χ1) is 1.41. The summed E-state index contributed by atoms with van der Waals surface area (Å²) >= 11 is 0. The first-order valence-electron chi connectivity index (χ1n) is 0.816. The molecule has 0 N–H and O–H groups in total. The van der Waals surface area contributed by atoms with Crippen molar-refractivity contribution in [1.82, 2.24) is 0 Å². The van der Waals surface area contributed by atoms with Crippen LogP contribution in [0.3, 0.4) is 0 Å². The van der Waals surface area contributed by atoms with E-state index in [1.807, 2.05) is 0 Å². The maximum atomic E-state index is 3.25. The normalized spacial score (nSPS) is 3.00. The molecular formula is C3H5Hf-. The molecule has 0 spiro atoms. The molecule has 0 aliphatic carbocycles. The van der Waals surface area contributed by atoms with Crippen LogP contribution in [-0.2, 0) is 25.8 Å². The summed E-state index contributed by atoms with van der Waals surface area (Å²) in [5, 5.41) is 0. The Labute approximate surface area is 45.7 Å². The summed E-state index contributed by atoms with van der Waals surface area (Å²) in [5.74, 6) is 0. The van der Waals surface area contributed by atoms with Crippen LogP contribution >= 0.6 is 0 Å². The van der Waals surface area contributed by atoms with E-state index in [-0.39, 0.29) is 25.8 Å². The molecule has 0 heterocycles. The Morgan fingerprint density at radius 2 is 1.75 bits per heavy atom. The van der Waals surface area contributed by atoms with Crippen molar-refractivity contribution in [2.75, 3.05) is 0 Å². The summed E-state index contributed by atoms with van der Waals surface area (Å²) in [6, 6.07) is 0. The molecule has 0 rings (SSSR count). The molecule has 0 aliphatic heterocycles. The number of hydrogen-bond acceptors (Lipinski definition) is 0. The Hall–Kier alpha value is 0.480. The third-order valence-electron chi connectivity index (χ3n) is 0. The average molecular weight is 220 g/mol. The minimum atomic E-state index is 0. The standard InChI is InChI=1S/C3H5.Hf/c1-3-2;/h3H,1-2H2;/q-1;. The second kappa shape index (κ2) is 9.77. The Bertz CT molecular complexity index is 10.8. The predicted octanol–water partition coefficient (Wildman–Crippen LogP) is 1.00. The average Bonchev–Trinajstić information content (AvgIpc) is 0.918. The molecule has 0 unspecified atom stereocenters. The van der Waals surface area contributed by atoms with Crippen molar-refractivity contribution in [2.45, 2.75) is 0 Å². The Morgan fingerprint density at radius 1 is 1.75 bits per heavy atom. The van der Waals surface area contributed by atoms with Crippen molar-refractivity contribution in [3.8, 4) is 0 Å². The summed E-state index contributed by atoms with van der Waals surface area (Å²) < 4.78 is 0. The molecule has 0 saturated heterocycles. The molecule has 0 nitrogen and oxygen atoms in total. The third kappa shape index (κ3) is 23.6. The number of rotatable bonds is 0. The van der Waals surface area contributed by atoms with E-state index in [1.54, 1.807) is 0 Å². The zero-order chi connectivity index (χ0) is 2.71. The molecule has 0 aromatic rings. The van der Waals surface area contributed by atoms with Gasteiger partial charge in [0.15, 0.2) is 0 Å². The van der Waals surface area contributed by atoms with Gasteiger partial charge < -0.3 is 0 Å². The van der Waals surface area contributed by atoms with Crippen LogP contribution in [0.15, 0.2) is 12.7 Å². The van der Waals surface area contributed by atoms with Gasteiger partial charge in [0.05, 0.1) is 0 Å². The first-order valence-corrected chi connectivity index (χ1v) is 0.816. The zero-order valence-electron chi connectivity index (χ0n) is 2.49. The number of allylic oxidation sites excluding steroid dienone is 1. The van der Waals surface area contributed by atoms with Gasteiger partial charge in [0, 0.05) is 25.8 Å². The predicted molar refractivity (Wildman–Crippen MR) is 15.6 cm³/mol. The van der Waals surface area contributed by atoms with Crippen LogP contribution in [0.5, 0.6) is 0 Å². The molecule has 1 heteroatoms. The summed E-state index contributed by atoms with van der Waals surface area (Å²) in [7, 11) is 0. The fourth-order valence-corrected chi connectivity index (χ4v) is 0. The van der Waals surface area contributed by atoms with Crippen LogP contribution in [0.4, 0.5) is 0 Å². The molecule has 4 heavy (non-hydrogen) atoms. The van der Waals surface area contributed by atoms with Gasteiger partial charge in [-0.2, -0.15) is 0 Å².